The van der Waals surface area contributed by atoms with Gasteiger partial charge >= 0.3 is 0 Å². The van der Waals surface area contributed by atoms with Crippen LogP contribution in [0.3, 0.4) is 0 Å². The Bertz CT molecular complexity index is 724. The normalized spacial score (nSPS) is 15.8. The number of aryl methyl sites for hydroxylation is 1. The van der Waals surface area contributed by atoms with Crippen molar-refractivity contribution in [2.45, 2.75) is 20.0 Å². The van der Waals surface area contributed by atoms with E-state index in [9.17, 15) is 9.18 Å². The molecule has 2 aromatic rings. The minimum atomic E-state index is -0.261. The van der Waals surface area contributed by atoms with Crippen LogP contribution in [0.15, 0.2) is 48.5 Å². The van der Waals surface area contributed by atoms with E-state index in [0.717, 1.165) is 38.3 Å². The molecule has 0 aliphatic carbocycles. The molecule has 0 spiro atoms. The molecular weight excluding hydrogens is 329 g/mol. The highest BCUT2D eigenvalue weighted by atomic mass is 19.1. The molecule has 138 valence electrons. The van der Waals surface area contributed by atoms with Crippen molar-refractivity contribution in [1.82, 2.24) is 15.1 Å². The first-order valence-corrected chi connectivity index (χ1v) is 9.10. The van der Waals surface area contributed by atoms with E-state index in [1.807, 2.05) is 0 Å². The third-order valence-electron chi connectivity index (χ3n) is 4.89. The number of halogens is 1. The molecule has 1 aliphatic heterocycles. The fourth-order valence-electron chi connectivity index (χ4n) is 3.20. The van der Waals surface area contributed by atoms with Crippen LogP contribution in [0.25, 0.3) is 0 Å². The zero-order valence-corrected chi connectivity index (χ0v) is 15.2. The number of piperazine rings is 1. The molecule has 1 N–H and O–H groups in total. The lowest BCUT2D eigenvalue weighted by Crippen LogP contribution is -2.49. The quantitative estimate of drug-likeness (QED) is 0.865. The molecule has 3 rings (SSSR count). The van der Waals surface area contributed by atoms with Crippen molar-refractivity contribution in [3.05, 3.63) is 71.0 Å². The molecule has 1 amide bonds. The highest BCUT2D eigenvalue weighted by Gasteiger charge is 2.19. The van der Waals surface area contributed by atoms with E-state index >= 15 is 0 Å². The van der Waals surface area contributed by atoms with Crippen LogP contribution in [0.5, 0.6) is 0 Å². The average molecular weight is 355 g/mol. The summed E-state index contributed by atoms with van der Waals surface area (Å²) in [7, 11) is 0. The average Bonchev–Trinajstić information content (AvgIpc) is 2.65. The van der Waals surface area contributed by atoms with Crippen LogP contribution < -0.4 is 5.32 Å². The Labute approximate surface area is 154 Å². The summed E-state index contributed by atoms with van der Waals surface area (Å²) in [5.74, 6) is -0.245. The minimum absolute atomic E-state index is 0.0154. The van der Waals surface area contributed by atoms with E-state index < -0.39 is 0 Å². The standard InChI is InChI=1S/C21H26FN3O/c1-17-4-2-3-5-19(17)15-24-10-12-25(13-11-24)16-21(26)23-14-18-6-8-20(22)9-7-18/h2-9H,10-16H2,1H3,(H,23,26). The summed E-state index contributed by atoms with van der Waals surface area (Å²) < 4.78 is 12.9. The summed E-state index contributed by atoms with van der Waals surface area (Å²) in [5, 5.41) is 2.91. The van der Waals surface area contributed by atoms with Gasteiger partial charge in [0, 0.05) is 39.3 Å². The second kappa shape index (κ2) is 8.92. The van der Waals surface area contributed by atoms with Gasteiger partial charge in [0.15, 0.2) is 0 Å². The van der Waals surface area contributed by atoms with Crippen molar-refractivity contribution >= 4 is 5.91 Å². The number of hydrogen-bond donors (Lipinski definition) is 1. The Morgan fingerprint density at radius 3 is 2.35 bits per heavy atom. The van der Waals surface area contributed by atoms with E-state index in [4.69, 9.17) is 0 Å². The van der Waals surface area contributed by atoms with E-state index in [0.29, 0.717) is 13.1 Å². The van der Waals surface area contributed by atoms with E-state index in [1.165, 1.54) is 23.3 Å². The number of hydrogen-bond acceptors (Lipinski definition) is 3. The molecule has 1 heterocycles. The number of carbonyl (C=O) groups is 1. The summed E-state index contributed by atoms with van der Waals surface area (Å²) in [4.78, 5) is 16.8. The van der Waals surface area contributed by atoms with Crippen LogP contribution in [0, 0.1) is 12.7 Å². The molecule has 0 saturated carbocycles. The van der Waals surface area contributed by atoms with Gasteiger partial charge in [-0.05, 0) is 35.7 Å². The lowest BCUT2D eigenvalue weighted by atomic mass is 10.1. The van der Waals surface area contributed by atoms with Gasteiger partial charge in [0.1, 0.15) is 5.82 Å². The molecular formula is C21H26FN3O. The molecule has 1 saturated heterocycles. The monoisotopic (exact) mass is 355 g/mol. The zero-order valence-electron chi connectivity index (χ0n) is 15.2. The smallest absolute Gasteiger partial charge is 0.234 e. The second-order valence-electron chi connectivity index (χ2n) is 6.88. The maximum Gasteiger partial charge on any atom is 0.234 e. The Morgan fingerprint density at radius 2 is 1.65 bits per heavy atom. The number of amides is 1. The van der Waals surface area contributed by atoms with Crippen molar-refractivity contribution in [3.63, 3.8) is 0 Å². The van der Waals surface area contributed by atoms with E-state index in [2.05, 4.69) is 46.3 Å². The lowest BCUT2D eigenvalue weighted by molar-refractivity contribution is -0.122. The van der Waals surface area contributed by atoms with E-state index in [1.54, 1.807) is 12.1 Å². The highest BCUT2D eigenvalue weighted by Crippen LogP contribution is 2.12. The van der Waals surface area contributed by atoms with Gasteiger partial charge in [-0.2, -0.15) is 0 Å². The Morgan fingerprint density at radius 1 is 1.00 bits per heavy atom. The Kier molecular flexibility index (Phi) is 6.36. The minimum Gasteiger partial charge on any atom is -0.351 e. The molecule has 26 heavy (non-hydrogen) atoms. The van der Waals surface area contributed by atoms with Crippen molar-refractivity contribution in [2.24, 2.45) is 0 Å². The fourth-order valence-corrected chi connectivity index (χ4v) is 3.20. The first kappa shape index (κ1) is 18.5. The van der Waals surface area contributed by atoms with Crippen molar-refractivity contribution in [1.29, 1.82) is 0 Å². The number of nitrogens with zero attached hydrogens (tertiary/aromatic N) is 2. The number of benzene rings is 2. The van der Waals surface area contributed by atoms with Gasteiger partial charge in [-0.15, -0.1) is 0 Å². The van der Waals surface area contributed by atoms with Crippen molar-refractivity contribution in [3.8, 4) is 0 Å². The summed E-state index contributed by atoms with van der Waals surface area (Å²) >= 11 is 0. The van der Waals surface area contributed by atoms with Gasteiger partial charge in [-0.3, -0.25) is 14.6 Å². The SMILES string of the molecule is Cc1ccccc1CN1CCN(CC(=O)NCc2ccc(F)cc2)CC1. The molecule has 0 aromatic heterocycles. The fraction of sp³-hybridized carbons (Fsp3) is 0.381. The van der Waals surface area contributed by atoms with Gasteiger partial charge < -0.3 is 5.32 Å². The number of carbonyl (C=O) groups excluding carboxylic acids is 1. The summed E-state index contributed by atoms with van der Waals surface area (Å²) in [5.41, 5.74) is 3.61. The molecule has 2 aromatic carbocycles. The van der Waals surface area contributed by atoms with Gasteiger partial charge in [0.2, 0.25) is 5.91 Å². The molecule has 0 bridgehead atoms. The molecule has 1 aliphatic rings. The topological polar surface area (TPSA) is 35.6 Å². The molecule has 0 atom stereocenters. The number of rotatable bonds is 6. The summed E-state index contributed by atoms with van der Waals surface area (Å²) in [6.45, 7) is 7.71. The van der Waals surface area contributed by atoms with Crippen molar-refractivity contribution < 1.29 is 9.18 Å². The largest absolute Gasteiger partial charge is 0.351 e. The predicted octanol–water partition coefficient (Wildman–Crippen LogP) is 2.57. The van der Waals surface area contributed by atoms with Crippen molar-refractivity contribution in [2.75, 3.05) is 32.7 Å². The Hall–Kier alpha value is -2.24. The second-order valence-corrected chi connectivity index (χ2v) is 6.88. The van der Waals surface area contributed by atoms with Gasteiger partial charge in [0.25, 0.3) is 0 Å². The highest BCUT2D eigenvalue weighted by molar-refractivity contribution is 5.78. The molecule has 0 radical (unpaired) electrons. The van der Waals surface area contributed by atoms with Gasteiger partial charge in [-0.1, -0.05) is 36.4 Å². The van der Waals surface area contributed by atoms with E-state index in [-0.39, 0.29) is 11.7 Å². The van der Waals surface area contributed by atoms with Gasteiger partial charge in [0.05, 0.1) is 6.54 Å². The molecule has 1 fully saturated rings. The van der Waals surface area contributed by atoms with Crippen LogP contribution in [0.2, 0.25) is 0 Å². The first-order chi connectivity index (χ1) is 12.6. The predicted molar refractivity (Wildman–Crippen MR) is 101 cm³/mol. The third kappa shape index (κ3) is 5.38. The first-order valence-electron chi connectivity index (χ1n) is 9.10. The lowest BCUT2D eigenvalue weighted by Gasteiger charge is -2.34. The molecule has 4 nitrogen and oxygen atoms in total. The molecule has 5 heteroatoms. The number of nitrogens with one attached hydrogen (secondary N) is 1. The summed E-state index contributed by atoms with van der Waals surface area (Å²) in [6.07, 6.45) is 0. The van der Waals surface area contributed by atoms with Crippen LogP contribution in [0.4, 0.5) is 4.39 Å². The maximum atomic E-state index is 12.9. The Balaban J connectivity index is 1.38. The zero-order chi connectivity index (χ0) is 18.4. The van der Waals surface area contributed by atoms with Crippen LogP contribution in [0.1, 0.15) is 16.7 Å². The summed E-state index contributed by atoms with van der Waals surface area (Å²) in [6, 6.07) is 14.7. The third-order valence-corrected chi connectivity index (χ3v) is 4.89. The molecule has 0 unspecified atom stereocenters. The van der Waals surface area contributed by atoms with Gasteiger partial charge in [-0.25, -0.2) is 4.39 Å². The van der Waals surface area contributed by atoms with Crippen LogP contribution in [-0.2, 0) is 17.9 Å². The van der Waals surface area contributed by atoms with Crippen LogP contribution >= 0.6 is 0 Å². The maximum absolute atomic E-state index is 12.9. The van der Waals surface area contributed by atoms with Crippen LogP contribution in [-0.4, -0.2) is 48.4 Å².